The van der Waals surface area contributed by atoms with Crippen LogP contribution in [0.15, 0.2) is 21.0 Å². The molecule has 0 spiro atoms. The van der Waals surface area contributed by atoms with E-state index in [1.807, 2.05) is 0 Å². The van der Waals surface area contributed by atoms with E-state index in [-0.39, 0.29) is 26.8 Å². The number of hydrogen-bond acceptors (Lipinski definition) is 4. The van der Waals surface area contributed by atoms with E-state index in [1.54, 1.807) is 0 Å². The number of carbonyl (C=O) groups is 2. The SMILES string of the molecule is COC(=O)c1oc2cc(Br)c(F)cc2c1C=O. The first-order valence-electron chi connectivity index (χ1n) is 4.53. The van der Waals surface area contributed by atoms with Crippen LogP contribution >= 0.6 is 15.9 Å². The van der Waals surface area contributed by atoms with Gasteiger partial charge < -0.3 is 9.15 Å². The Morgan fingerprint density at radius 1 is 1.53 bits per heavy atom. The highest BCUT2D eigenvalue weighted by molar-refractivity contribution is 9.10. The molecule has 17 heavy (non-hydrogen) atoms. The Morgan fingerprint density at radius 2 is 2.24 bits per heavy atom. The molecule has 4 nitrogen and oxygen atoms in total. The molecule has 0 bridgehead atoms. The largest absolute Gasteiger partial charge is 0.463 e. The Bertz CT molecular complexity index is 617. The van der Waals surface area contributed by atoms with Crippen LogP contribution in [-0.4, -0.2) is 19.4 Å². The lowest BCUT2D eigenvalue weighted by Gasteiger charge is -1.93. The molecule has 88 valence electrons. The number of fused-ring (bicyclic) bond motifs is 1. The normalized spacial score (nSPS) is 10.5. The second-order valence-electron chi connectivity index (χ2n) is 3.22. The zero-order valence-corrected chi connectivity index (χ0v) is 10.2. The number of halogens is 2. The summed E-state index contributed by atoms with van der Waals surface area (Å²) in [6.07, 6.45) is 0.436. The molecule has 0 saturated carbocycles. The number of esters is 1. The van der Waals surface area contributed by atoms with Gasteiger partial charge in [-0.15, -0.1) is 0 Å². The monoisotopic (exact) mass is 300 g/mol. The average molecular weight is 301 g/mol. The predicted molar refractivity (Wildman–Crippen MR) is 60.6 cm³/mol. The minimum atomic E-state index is -0.778. The van der Waals surface area contributed by atoms with E-state index in [1.165, 1.54) is 13.2 Å². The molecular weight excluding hydrogens is 295 g/mol. The fraction of sp³-hybridized carbons (Fsp3) is 0.0909. The van der Waals surface area contributed by atoms with Crippen molar-refractivity contribution in [1.82, 2.24) is 0 Å². The van der Waals surface area contributed by atoms with Gasteiger partial charge in [0.25, 0.3) is 0 Å². The second kappa shape index (κ2) is 4.29. The zero-order chi connectivity index (χ0) is 12.6. The van der Waals surface area contributed by atoms with Gasteiger partial charge in [-0.2, -0.15) is 0 Å². The summed E-state index contributed by atoms with van der Waals surface area (Å²) in [6, 6.07) is 2.48. The van der Waals surface area contributed by atoms with Crippen molar-refractivity contribution in [3.63, 3.8) is 0 Å². The van der Waals surface area contributed by atoms with Gasteiger partial charge in [0.2, 0.25) is 5.76 Å². The van der Waals surface area contributed by atoms with E-state index in [2.05, 4.69) is 20.7 Å². The van der Waals surface area contributed by atoms with Crippen LogP contribution in [0.3, 0.4) is 0 Å². The number of methoxy groups -OCH3 is 1. The summed E-state index contributed by atoms with van der Waals surface area (Å²) < 4.78 is 23.2. The number of ether oxygens (including phenoxy) is 1. The summed E-state index contributed by atoms with van der Waals surface area (Å²) in [6.45, 7) is 0. The summed E-state index contributed by atoms with van der Waals surface area (Å²) in [4.78, 5) is 22.3. The van der Waals surface area contributed by atoms with E-state index in [9.17, 15) is 14.0 Å². The second-order valence-corrected chi connectivity index (χ2v) is 4.07. The first-order chi connectivity index (χ1) is 8.08. The van der Waals surface area contributed by atoms with E-state index in [0.29, 0.717) is 6.29 Å². The standard InChI is InChI=1S/C11H6BrFO4/c1-16-11(15)10-6(4-14)5-2-8(13)7(12)3-9(5)17-10/h2-4H,1H3. The van der Waals surface area contributed by atoms with Crippen LogP contribution in [0.25, 0.3) is 11.0 Å². The summed E-state index contributed by atoms with van der Waals surface area (Å²) in [5.41, 5.74) is 0.221. The molecule has 0 fully saturated rings. The van der Waals surface area contributed by atoms with Gasteiger partial charge in [-0.1, -0.05) is 0 Å². The lowest BCUT2D eigenvalue weighted by atomic mass is 10.1. The van der Waals surface area contributed by atoms with Crippen molar-refractivity contribution in [2.45, 2.75) is 0 Å². The Kier molecular flexibility index (Phi) is 2.97. The first-order valence-corrected chi connectivity index (χ1v) is 5.32. The van der Waals surface area contributed by atoms with Crippen LogP contribution in [0, 0.1) is 5.82 Å². The fourth-order valence-electron chi connectivity index (χ4n) is 1.47. The minimum absolute atomic E-state index is 0.0155. The Labute approximate surface area is 103 Å². The van der Waals surface area contributed by atoms with Crippen molar-refractivity contribution in [2.24, 2.45) is 0 Å². The van der Waals surface area contributed by atoms with Crippen LogP contribution in [-0.2, 0) is 4.74 Å². The van der Waals surface area contributed by atoms with E-state index < -0.39 is 11.8 Å². The maximum absolute atomic E-state index is 13.3. The van der Waals surface area contributed by atoms with Crippen LogP contribution in [0.2, 0.25) is 0 Å². The molecule has 1 aromatic carbocycles. The van der Waals surface area contributed by atoms with Gasteiger partial charge >= 0.3 is 5.97 Å². The Morgan fingerprint density at radius 3 is 2.82 bits per heavy atom. The fourth-order valence-corrected chi connectivity index (χ4v) is 1.79. The predicted octanol–water partition coefficient (Wildman–Crippen LogP) is 2.93. The van der Waals surface area contributed by atoms with Gasteiger partial charge in [0.1, 0.15) is 11.4 Å². The molecule has 0 unspecified atom stereocenters. The maximum Gasteiger partial charge on any atom is 0.374 e. The summed E-state index contributed by atoms with van der Waals surface area (Å²) in [7, 11) is 1.17. The lowest BCUT2D eigenvalue weighted by Crippen LogP contribution is -2.02. The topological polar surface area (TPSA) is 56.5 Å². The Hall–Kier alpha value is -1.69. The molecule has 0 aliphatic carbocycles. The zero-order valence-electron chi connectivity index (χ0n) is 8.62. The summed E-state index contributed by atoms with van der Waals surface area (Å²) in [5, 5.41) is 0.237. The molecule has 0 radical (unpaired) electrons. The molecule has 6 heteroatoms. The number of furan rings is 1. The van der Waals surface area contributed by atoms with E-state index >= 15 is 0 Å². The van der Waals surface area contributed by atoms with E-state index in [0.717, 1.165) is 6.07 Å². The molecule has 0 aliphatic rings. The summed E-state index contributed by atoms with van der Waals surface area (Å²) >= 11 is 2.99. The number of rotatable bonds is 2. The van der Waals surface area contributed by atoms with Gasteiger partial charge in [-0.25, -0.2) is 9.18 Å². The van der Waals surface area contributed by atoms with Gasteiger partial charge in [0.15, 0.2) is 6.29 Å². The molecule has 0 N–H and O–H groups in total. The molecule has 1 heterocycles. The number of aldehydes is 1. The lowest BCUT2D eigenvalue weighted by molar-refractivity contribution is 0.0565. The van der Waals surface area contributed by atoms with Crippen LogP contribution in [0.5, 0.6) is 0 Å². The molecule has 0 amide bonds. The molecule has 1 aromatic heterocycles. The third kappa shape index (κ3) is 1.84. The first kappa shape index (κ1) is 11.8. The van der Waals surface area contributed by atoms with Crippen LogP contribution in [0.4, 0.5) is 4.39 Å². The minimum Gasteiger partial charge on any atom is -0.463 e. The van der Waals surface area contributed by atoms with Gasteiger partial charge in [-0.3, -0.25) is 4.79 Å². The molecule has 2 aromatic rings. The highest BCUT2D eigenvalue weighted by Gasteiger charge is 2.21. The van der Waals surface area contributed by atoms with Crippen molar-refractivity contribution in [3.05, 3.63) is 33.7 Å². The Balaban J connectivity index is 2.80. The maximum atomic E-state index is 13.3. The number of hydrogen-bond donors (Lipinski definition) is 0. The van der Waals surface area contributed by atoms with Gasteiger partial charge in [0.05, 0.1) is 17.1 Å². The van der Waals surface area contributed by atoms with Gasteiger partial charge in [-0.05, 0) is 28.1 Å². The highest BCUT2D eigenvalue weighted by atomic mass is 79.9. The third-order valence-corrected chi connectivity index (χ3v) is 2.87. The van der Waals surface area contributed by atoms with Crippen molar-refractivity contribution in [1.29, 1.82) is 0 Å². The van der Waals surface area contributed by atoms with Crippen molar-refractivity contribution < 1.29 is 23.1 Å². The van der Waals surface area contributed by atoms with E-state index in [4.69, 9.17) is 4.42 Å². The van der Waals surface area contributed by atoms with Crippen molar-refractivity contribution in [3.8, 4) is 0 Å². The van der Waals surface area contributed by atoms with Crippen LogP contribution in [0.1, 0.15) is 20.9 Å². The average Bonchev–Trinajstić information content (AvgIpc) is 2.66. The molecular formula is C11H6BrFO4. The highest BCUT2D eigenvalue weighted by Crippen LogP contribution is 2.29. The molecule has 0 saturated heterocycles. The smallest absolute Gasteiger partial charge is 0.374 e. The molecule has 0 aliphatic heterocycles. The van der Waals surface area contributed by atoms with Gasteiger partial charge in [0, 0.05) is 5.39 Å². The third-order valence-electron chi connectivity index (χ3n) is 2.26. The number of carbonyl (C=O) groups excluding carboxylic acids is 2. The molecule has 2 rings (SSSR count). The van der Waals surface area contributed by atoms with Crippen LogP contribution < -0.4 is 0 Å². The number of benzene rings is 1. The molecule has 0 atom stereocenters. The quantitative estimate of drug-likeness (QED) is 0.632. The van der Waals surface area contributed by atoms with Crippen molar-refractivity contribution in [2.75, 3.05) is 7.11 Å². The summed E-state index contributed by atoms with van der Waals surface area (Å²) in [5.74, 6) is -1.55. The van der Waals surface area contributed by atoms with Crippen molar-refractivity contribution >= 4 is 39.2 Å².